The highest BCUT2D eigenvalue weighted by Gasteiger charge is 2.33. The molecule has 160 valence electrons. The predicted molar refractivity (Wildman–Crippen MR) is 126 cm³/mol. The summed E-state index contributed by atoms with van der Waals surface area (Å²) in [5, 5.41) is 5.22. The first-order valence-corrected chi connectivity index (χ1v) is 11.8. The Hall–Kier alpha value is -2.92. The highest BCUT2D eigenvalue weighted by atomic mass is 32.1. The minimum Gasteiger partial charge on any atom is -0.351 e. The van der Waals surface area contributed by atoms with E-state index in [0.717, 1.165) is 41.8 Å². The number of para-hydroxylation sites is 1. The van der Waals surface area contributed by atoms with Gasteiger partial charge in [-0.3, -0.25) is 14.5 Å². The smallest absolute Gasteiger partial charge is 0.248 e. The Morgan fingerprint density at radius 3 is 2.23 bits per heavy atom. The van der Waals surface area contributed by atoms with Crippen LogP contribution in [0.15, 0.2) is 78.2 Å². The predicted octanol–water partition coefficient (Wildman–Crippen LogP) is 5.51. The molecule has 4 rings (SSSR count). The number of thiophene rings is 1. The molecule has 4 nitrogen and oxygen atoms in total. The molecule has 3 aromatic rings. The molecule has 0 saturated heterocycles. The van der Waals surface area contributed by atoms with Crippen molar-refractivity contribution >= 4 is 28.8 Å². The van der Waals surface area contributed by atoms with E-state index in [1.807, 2.05) is 78.2 Å². The SMILES string of the molecule is O=C(NC1CCCCC1)C(c1ccccc1)N(C(=O)Cc1cccs1)c1ccccc1. The monoisotopic (exact) mass is 432 g/mol. The van der Waals surface area contributed by atoms with E-state index in [9.17, 15) is 9.59 Å². The van der Waals surface area contributed by atoms with Crippen molar-refractivity contribution in [2.45, 2.75) is 50.6 Å². The van der Waals surface area contributed by atoms with Gasteiger partial charge in [-0.05, 0) is 42.0 Å². The Morgan fingerprint density at radius 1 is 0.903 bits per heavy atom. The van der Waals surface area contributed by atoms with Crippen LogP contribution in [0.1, 0.15) is 48.6 Å². The average molecular weight is 433 g/mol. The molecule has 1 N–H and O–H groups in total. The minimum atomic E-state index is -0.710. The topological polar surface area (TPSA) is 49.4 Å². The molecule has 5 heteroatoms. The molecule has 1 atom stereocenters. The largest absolute Gasteiger partial charge is 0.351 e. The third-order valence-corrected chi connectivity index (χ3v) is 6.66. The summed E-state index contributed by atoms with van der Waals surface area (Å²) < 4.78 is 0. The molecule has 31 heavy (non-hydrogen) atoms. The van der Waals surface area contributed by atoms with E-state index in [1.165, 1.54) is 6.42 Å². The van der Waals surface area contributed by atoms with Crippen molar-refractivity contribution < 1.29 is 9.59 Å². The number of carbonyl (C=O) groups is 2. The van der Waals surface area contributed by atoms with Crippen molar-refractivity contribution in [3.05, 3.63) is 88.6 Å². The van der Waals surface area contributed by atoms with Gasteiger partial charge >= 0.3 is 0 Å². The standard InChI is InChI=1S/C26H28N2O2S/c29-24(19-23-17-10-18-31-23)28(22-15-8-3-9-16-22)25(20-11-4-1-5-12-20)26(30)27-21-13-6-2-7-14-21/h1,3-5,8-12,15-18,21,25H,2,6-7,13-14,19H2,(H,27,30). The van der Waals surface area contributed by atoms with Crippen molar-refractivity contribution in [3.8, 4) is 0 Å². The quantitative estimate of drug-likeness (QED) is 0.535. The van der Waals surface area contributed by atoms with Gasteiger partial charge in [0.2, 0.25) is 11.8 Å². The number of hydrogen-bond acceptors (Lipinski definition) is 3. The van der Waals surface area contributed by atoms with Crippen molar-refractivity contribution in [2.24, 2.45) is 0 Å². The summed E-state index contributed by atoms with van der Waals surface area (Å²) in [7, 11) is 0. The van der Waals surface area contributed by atoms with Crippen LogP contribution < -0.4 is 10.2 Å². The van der Waals surface area contributed by atoms with Crippen LogP contribution in [0, 0.1) is 0 Å². The van der Waals surface area contributed by atoms with E-state index in [-0.39, 0.29) is 24.3 Å². The molecular weight excluding hydrogens is 404 g/mol. The lowest BCUT2D eigenvalue weighted by Crippen LogP contribution is -2.47. The molecule has 0 radical (unpaired) electrons. The molecule has 1 heterocycles. The van der Waals surface area contributed by atoms with E-state index in [0.29, 0.717) is 0 Å². The maximum absolute atomic E-state index is 13.6. The van der Waals surface area contributed by atoms with Crippen molar-refractivity contribution in [3.63, 3.8) is 0 Å². The molecule has 1 aliphatic rings. The molecule has 0 aliphatic heterocycles. The summed E-state index contributed by atoms with van der Waals surface area (Å²) in [6.07, 6.45) is 5.78. The zero-order chi connectivity index (χ0) is 21.5. The maximum atomic E-state index is 13.6. The normalized spacial score (nSPS) is 15.2. The fourth-order valence-electron chi connectivity index (χ4n) is 4.25. The van der Waals surface area contributed by atoms with Gasteiger partial charge in [-0.15, -0.1) is 11.3 Å². The van der Waals surface area contributed by atoms with Crippen molar-refractivity contribution in [2.75, 3.05) is 4.90 Å². The molecule has 1 fully saturated rings. The van der Waals surface area contributed by atoms with Crippen LogP contribution in [0.4, 0.5) is 5.69 Å². The zero-order valence-electron chi connectivity index (χ0n) is 17.6. The van der Waals surface area contributed by atoms with E-state index in [4.69, 9.17) is 0 Å². The number of nitrogens with one attached hydrogen (secondary N) is 1. The second-order valence-corrected chi connectivity index (χ2v) is 9.04. The average Bonchev–Trinajstić information content (AvgIpc) is 3.32. The van der Waals surface area contributed by atoms with Gasteiger partial charge in [0, 0.05) is 16.6 Å². The Labute approximate surface area is 187 Å². The van der Waals surface area contributed by atoms with Crippen LogP contribution in [0.3, 0.4) is 0 Å². The summed E-state index contributed by atoms with van der Waals surface area (Å²) in [6.45, 7) is 0. The van der Waals surface area contributed by atoms with Gasteiger partial charge in [0.1, 0.15) is 6.04 Å². The van der Waals surface area contributed by atoms with Crippen molar-refractivity contribution in [1.29, 1.82) is 0 Å². The fourth-order valence-corrected chi connectivity index (χ4v) is 4.95. The number of anilines is 1. The van der Waals surface area contributed by atoms with E-state index < -0.39 is 6.04 Å². The third kappa shape index (κ3) is 5.42. The lowest BCUT2D eigenvalue weighted by Gasteiger charge is -2.33. The number of amides is 2. The molecule has 2 aromatic carbocycles. The van der Waals surface area contributed by atoms with E-state index in [1.54, 1.807) is 16.2 Å². The molecule has 1 saturated carbocycles. The minimum absolute atomic E-state index is 0.0821. The first-order valence-electron chi connectivity index (χ1n) is 11.0. The van der Waals surface area contributed by atoms with Crippen molar-refractivity contribution in [1.82, 2.24) is 5.32 Å². The summed E-state index contributed by atoms with van der Waals surface area (Å²) in [4.78, 5) is 29.9. The molecule has 2 amide bonds. The second-order valence-electron chi connectivity index (χ2n) is 8.01. The third-order valence-electron chi connectivity index (χ3n) is 5.78. The number of carbonyl (C=O) groups excluding carboxylic acids is 2. The van der Waals surface area contributed by atoms with Crippen LogP contribution >= 0.6 is 11.3 Å². The van der Waals surface area contributed by atoms with E-state index in [2.05, 4.69) is 5.32 Å². The number of nitrogens with zero attached hydrogens (tertiary/aromatic N) is 1. The van der Waals surface area contributed by atoms with Gasteiger partial charge in [-0.25, -0.2) is 0 Å². The summed E-state index contributed by atoms with van der Waals surface area (Å²) in [6, 6.07) is 22.5. The van der Waals surface area contributed by atoms with E-state index >= 15 is 0 Å². The Balaban J connectivity index is 1.70. The Bertz CT molecular complexity index is 967. The van der Waals surface area contributed by atoms with Crippen LogP contribution in [-0.2, 0) is 16.0 Å². The van der Waals surface area contributed by atoms with Gasteiger partial charge in [-0.1, -0.05) is 73.9 Å². The molecule has 0 bridgehead atoms. The van der Waals surface area contributed by atoms with Gasteiger partial charge < -0.3 is 5.32 Å². The lowest BCUT2D eigenvalue weighted by molar-refractivity contribution is -0.127. The lowest BCUT2D eigenvalue weighted by atomic mass is 9.94. The van der Waals surface area contributed by atoms with Crippen LogP contribution in [0.2, 0.25) is 0 Å². The Kier molecular flexibility index (Phi) is 7.15. The van der Waals surface area contributed by atoms with Gasteiger partial charge in [0.15, 0.2) is 0 Å². The fraction of sp³-hybridized carbons (Fsp3) is 0.308. The maximum Gasteiger partial charge on any atom is 0.248 e. The van der Waals surface area contributed by atoms with Gasteiger partial charge in [0.05, 0.1) is 6.42 Å². The van der Waals surface area contributed by atoms with Gasteiger partial charge in [0.25, 0.3) is 0 Å². The van der Waals surface area contributed by atoms with Crippen LogP contribution in [0.25, 0.3) is 0 Å². The first-order chi connectivity index (χ1) is 15.2. The number of rotatable bonds is 7. The molecular formula is C26H28N2O2S. The molecule has 1 unspecified atom stereocenters. The zero-order valence-corrected chi connectivity index (χ0v) is 18.4. The van der Waals surface area contributed by atoms with Gasteiger partial charge in [-0.2, -0.15) is 0 Å². The molecule has 0 spiro atoms. The molecule has 1 aliphatic carbocycles. The number of hydrogen-bond donors (Lipinski definition) is 1. The van der Waals surface area contributed by atoms with Crippen LogP contribution in [0.5, 0.6) is 0 Å². The summed E-state index contributed by atoms with van der Waals surface area (Å²) in [5.41, 5.74) is 1.55. The van der Waals surface area contributed by atoms with Crippen LogP contribution in [-0.4, -0.2) is 17.9 Å². The first kappa shape index (κ1) is 21.3. The summed E-state index contributed by atoms with van der Waals surface area (Å²) >= 11 is 1.56. The molecule has 1 aromatic heterocycles. The summed E-state index contributed by atoms with van der Waals surface area (Å²) in [5.74, 6) is -0.192. The highest BCUT2D eigenvalue weighted by Crippen LogP contribution is 2.30. The highest BCUT2D eigenvalue weighted by molar-refractivity contribution is 7.10. The Morgan fingerprint density at radius 2 is 1.58 bits per heavy atom. The number of benzene rings is 2. The second kappa shape index (κ2) is 10.4.